The van der Waals surface area contributed by atoms with E-state index in [4.69, 9.17) is 16.5 Å². The molecular formula is C19H21N3. The SMILES string of the molecule is N/C=C\C(N)C1C=CC=C(C2=NC(c3ccccc3)C=C2)C1. The highest BCUT2D eigenvalue weighted by atomic mass is 14.8. The van der Waals surface area contributed by atoms with E-state index in [2.05, 4.69) is 42.5 Å². The summed E-state index contributed by atoms with van der Waals surface area (Å²) in [5.41, 5.74) is 15.1. The summed E-state index contributed by atoms with van der Waals surface area (Å²) in [5, 5.41) is 0. The van der Waals surface area contributed by atoms with Crippen molar-refractivity contribution in [2.75, 3.05) is 0 Å². The van der Waals surface area contributed by atoms with E-state index < -0.39 is 0 Å². The van der Waals surface area contributed by atoms with Crippen LogP contribution < -0.4 is 11.5 Å². The summed E-state index contributed by atoms with van der Waals surface area (Å²) in [6.45, 7) is 0. The molecule has 3 heteroatoms. The third-order valence-electron chi connectivity index (χ3n) is 4.12. The van der Waals surface area contributed by atoms with Crippen LogP contribution in [0.3, 0.4) is 0 Å². The number of allylic oxidation sites excluding steroid dienone is 4. The molecule has 3 rings (SSSR count). The summed E-state index contributed by atoms with van der Waals surface area (Å²) in [6, 6.07) is 10.4. The number of nitrogens with two attached hydrogens (primary N) is 2. The molecule has 1 aliphatic heterocycles. The minimum atomic E-state index is -0.0548. The Hall–Kier alpha value is -2.39. The predicted molar refractivity (Wildman–Crippen MR) is 92.4 cm³/mol. The maximum Gasteiger partial charge on any atom is 0.0941 e. The van der Waals surface area contributed by atoms with E-state index in [1.807, 2.05) is 24.3 Å². The lowest BCUT2D eigenvalue weighted by atomic mass is 9.87. The summed E-state index contributed by atoms with van der Waals surface area (Å²) < 4.78 is 0. The topological polar surface area (TPSA) is 64.4 Å². The van der Waals surface area contributed by atoms with E-state index in [1.165, 1.54) is 17.3 Å². The first-order valence-electron chi connectivity index (χ1n) is 7.60. The van der Waals surface area contributed by atoms with Crippen molar-refractivity contribution in [3.63, 3.8) is 0 Å². The first-order valence-corrected chi connectivity index (χ1v) is 7.60. The van der Waals surface area contributed by atoms with Gasteiger partial charge in [-0.25, -0.2) is 0 Å². The summed E-state index contributed by atoms with van der Waals surface area (Å²) in [4.78, 5) is 4.84. The van der Waals surface area contributed by atoms with Crippen molar-refractivity contribution in [2.45, 2.75) is 18.5 Å². The van der Waals surface area contributed by atoms with Crippen LogP contribution in [0.25, 0.3) is 0 Å². The molecule has 0 bridgehead atoms. The van der Waals surface area contributed by atoms with E-state index in [9.17, 15) is 0 Å². The van der Waals surface area contributed by atoms with Crippen LogP contribution >= 0.6 is 0 Å². The third kappa shape index (κ3) is 3.10. The monoisotopic (exact) mass is 291 g/mol. The van der Waals surface area contributed by atoms with Crippen molar-refractivity contribution in [1.29, 1.82) is 0 Å². The van der Waals surface area contributed by atoms with Crippen LogP contribution in [0, 0.1) is 5.92 Å². The lowest BCUT2D eigenvalue weighted by molar-refractivity contribution is 0.572. The fraction of sp³-hybridized carbons (Fsp3) is 0.211. The normalized spacial score (nSPS) is 25.3. The molecule has 0 fully saturated rings. The molecule has 0 spiro atoms. The van der Waals surface area contributed by atoms with E-state index in [-0.39, 0.29) is 18.0 Å². The van der Waals surface area contributed by atoms with Crippen molar-refractivity contribution >= 4 is 5.71 Å². The predicted octanol–water partition coefficient (Wildman–Crippen LogP) is 3.04. The van der Waals surface area contributed by atoms with E-state index in [0.29, 0.717) is 0 Å². The average Bonchev–Trinajstić information content (AvgIpc) is 3.06. The van der Waals surface area contributed by atoms with Gasteiger partial charge in [-0.1, -0.05) is 60.7 Å². The van der Waals surface area contributed by atoms with Crippen LogP contribution in [0.5, 0.6) is 0 Å². The van der Waals surface area contributed by atoms with Gasteiger partial charge in [0, 0.05) is 6.04 Å². The van der Waals surface area contributed by atoms with Gasteiger partial charge in [0.25, 0.3) is 0 Å². The number of aliphatic imine (C=N–C) groups is 1. The number of benzene rings is 1. The minimum Gasteiger partial charge on any atom is -0.405 e. The summed E-state index contributed by atoms with van der Waals surface area (Å²) >= 11 is 0. The van der Waals surface area contributed by atoms with Crippen molar-refractivity contribution in [1.82, 2.24) is 0 Å². The molecule has 1 heterocycles. The Kier molecular flexibility index (Phi) is 4.35. The van der Waals surface area contributed by atoms with Crippen LogP contribution in [0.15, 0.2) is 83.6 Å². The van der Waals surface area contributed by atoms with Crippen molar-refractivity contribution < 1.29 is 0 Å². The molecule has 3 atom stereocenters. The molecule has 0 saturated heterocycles. The highest BCUT2D eigenvalue weighted by Gasteiger charge is 2.21. The molecule has 0 amide bonds. The van der Waals surface area contributed by atoms with E-state index in [1.54, 1.807) is 0 Å². The molecule has 1 aromatic carbocycles. The van der Waals surface area contributed by atoms with Crippen LogP contribution in [0.2, 0.25) is 0 Å². The van der Waals surface area contributed by atoms with Crippen LogP contribution in [0.1, 0.15) is 18.0 Å². The molecule has 2 aliphatic rings. The quantitative estimate of drug-likeness (QED) is 0.895. The Bertz CT molecular complexity index is 665. The van der Waals surface area contributed by atoms with Gasteiger partial charge in [0.05, 0.1) is 11.8 Å². The molecule has 3 unspecified atom stereocenters. The molecule has 3 nitrogen and oxygen atoms in total. The molecular weight excluding hydrogens is 270 g/mol. The van der Waals surface area contributed by atoms with Gasteiger partial charge in [0.2, 0.25) is 0 Å². The van der Waals surface area contributed by atoms with Gasteiger partial charge < -0.3 is 11.5 Å². The van der Waals surface area contributed by atoms with Crippen molar-refractivity contribution in [3.05, 3.63) is 84.1 Å². The Morgan fingerprint density at radius 3 is 2.77 bits per heavy atom. The average molecular weight is 291 g/mol. The van der Waals surface area contributed by atoms with Crippen LogP contribution in [-0.2, 0) is 0 Å². The Balaban J connectivity index is 1.74. The van der Waals surface area contributed by atoms with Crippen molar-refractivity contribution in [2.24, 2.45) is 22.4 Å². The zero-order valence-electron chi connectivity index (χ0n) is 12.5. The fourth-order valence-corrected chi connectivity index (χ4v) is 2.87. The lowest BCUT2D eigenvalue weighted by Gasteiger charge is -2.22. The first-order chi connectivity index (χ1) is 10.8. The summed E-state index contributed by atoms with van der Waals surface area (Å²) in [6.07, 6.45) is 14.9. The number of nitrogens with zero attached hydrogens (tertiary/aromatic N) is 1. The maximum atomic E-state index is 6.14. The van der Waals surface area contributed by atoms with Gasteiger partial charge in [-0.3, -0.25) is 4.99 Å². The van der Waals surface area contributed by atoms with Gasteiger partial charge in [-0.05, 0) is 35.8 Å². The van der Waals surface area contributed by atoms with Gasteiger partial charge in [0.1, 0.15) is 0 Å². The molecule has 112 valence electrons. The second-order valence-corrected chi connectivity index (χ2v) is 5.64. The second-order valence-electron chi connectivity index (χ2n) is 5.64. The maximum absolute atomic E-state index is 6.14. The largest absolute Gasteiger partial charge is 0.405 e. The highest BCUT2D eigenvalue weighted by molar-refractivity contribution is 6.10. The molecule has 0 radical (unpaired) electrons. The van der Waals surface area contributed by atoms with Crippen molar-refractivity contribution in [3.8, 4) is 0 Å². The van der Waals surface area contributed by atoms with Gasteiger partial charge in [0.15, 0.2) is 0 Å². The summed E-state index contributed by atoms with van der Waals surface area (Å²) in [5.74, 6) is 0.270. The van der Waals surface area contributed by atoms with Gasteiger partial charge >= 0.3 is 0 Å². The molecule has 0 saturated carbocycles. The van der Waals surface area contributed by atoms with E-state index >= 15 is 0 Å². The Morgan fingerprint density at radius 1 is 1.18 bits per heavy atom. The van der Waals surface area contributed by atoms with Gasteiger partial charge in [-0.2, -0.15) is 0 Å². The minimum absolute atomic E-state index is 0.0548. The molecule has 1 aromatic rings. The molecule has 1 aliphatic carbocycles. The lowest BCUT2D eigenvalue weighted by Crippen LogP contribution is -2.28. The number of hydrogen-bond acceptors (Lipinski definition) is 3. The van der Waals surface area contributed by atoms with Crippen LogP contribution in [-0.4, -0.2) is 11.8 Å². The Morgan fingerprint density at radius 2 is 2.00 bits per heavy atom. The zero-order valence-corrected chi connectivity index (χ0v) is 12.5. The fourth-order valence-electron chi connectivity index (χ4n) is 2.87. The Labute approximate surface area is 131 Å². The number of hydrogen-bond donors (Lipinski definition) is 2. The van der Waals surface area contributed by atoms with Gasteiger partial charge in [-0.15, -0.1) is 0 Å². The smallest absolute Gasteiger partial charge is 0.0941 e. The molecule has 22 heavy (non-hydrogen) atoms. The van der Waals surface area contributed by atoms with E-state index in [0.717, 1.165) is 12.1 Å². The second kappa shape index (κ2) is 6.58. The first kappa shape index (κ1) is 14.5. The zero-order chi connectivity index (χ0) is 15.4. The molecule has 0 aromatic heterocycles. The third-order valence-corrected chi connectivity index (χ3v) is 4.12. The highest BCUT2D eigenvalue weighted by Crippen LogP contribution is 2.29. The van der Waals surface area contributed by atoms with Crippen LogP contribution in [0.4, 0.5) is 0 Å². The summed E-state index contributed by atoms with van der Waals surface area (Å²) in [7, 11) is 0. The standard InChI is InChI=1S/C19H21N3/c20-12-11-17(21)15-7-4-8-16(13-15)19-10-9-18(22-19)14-5-2-1-3-6-14/h1-12,15,17-18H,13,20-21H2/b12-11-. The number of rotatable bonds is 4. The molecule has 4 N–H and O–H groups in total.